The highest BCUT2D eigenvalue weighted by molar-refractivity contribution is 7.99. The fraction of sp³-hybridized carbons (Fsp3) is 0.188. The van der Waals surface area contributed by atoms with Gasteiger partial charge in [0, 0.05) is 28.6 Å². The number of halogens is 3. The number of hydrogen-bond acceptors (Lipinski definition) is 2. The van der Waals surface area contributed by atoms with E-state index < -0.39 is 0 Å². The minimum absolute atomic E-state index is 0.152. The Morgan fingerprint density at radius 3 is 2.74 bits per heavy atom. The molecule has 1 fully saturated rings. The summed E-state index contributed by atoms with van der Waals surface area (Å²) < 4.78 is 0. The number of hydrogen-bond donors (Lipinski definition) is 1. The van der Waals surface area contributed by atoms with E-state index in [0.29, 0.717) is 27.3 Å². The van der Waals surface area contributed by atoms with Gasteiger partial charge in [-0.05, 0) is 24.3 Å². The molecule has 1 aliphatic heterocycles. The molecular weight excluding hydrogens is 375 g/mol. The fourth-order valence-electron chi connectivity index (χ4n) is 2.41. The molecule has 0 unspecified atom stereocenters. The van der Waals surface area contributed by atoms with Gasteiger partial charge in [-0.25, -0.2) is 4.79 Å². The maximum Gasteiger partial charge on any atom is 0.323 e. The molecule has 0 saturated carbocycles. The van der Waals surface area contributed by atoms with Crippen LogP contribution < -0.4 is 5.32 Å². The van der Waals surface area contributed by atoms with E-state index >= 15 is 0 Å². The summed E-state index contributed by atoms with van der Waals surface area (Å²) >= 11 is 20.0. The van der Waals surface area contributed by atoms with Crippen LogP contribution in [0.4, 0.5) is 10.5 Å². The van der Waals surface area contributed by atoms with Crippen molar-refractivity contribution in [3.63, 3.8) is 0 Å². The number of urea groups is 1. The summed E-state index contributed by atoms with van der Waals surface area (Å²) in [6, 6.07) is 12.4. The zero-order chi connectivity index (χ0) is 16.4. The van der Waals surface area contributed by atoms with Crippen LogP contribution in [0.25, 0.3) is 0 Å². The van der Waals surface area contributed by atoms with Crippen LogP contribution in [0.2, 0.25) is 15.1 Å². The van der Waals surface area contributed by atoms with E-state index in [-0.39, 0.29) is 11.4 Å². The molecule has 3 rings (SSSR count). The van der Waals surface area contributed by atoms with Crippen molar-refractivity contribution in [3.05, 3.63) is 63.1 Å². The molecule has 1 saturated heterocycles. The second kappa shape index (κ2) is 7.22. The average molecular weight is 388 g/mol. The van der Waals surface area contributed by atoms with Crippen LogP contribution in [-0.2, 0) is 0 Å². The van der Waals surface area contributed by atoms with Gasteiger partial charge in [0.25, 0.3) is 0 Å². The first kappa shape index (κ1) is 16.8. The number of anilines is 1. The minimum Gasteiger partial charge on any atom is -0.308 e. The summed E-state index contributed by atoms with van der Waals surface area (Å²) in [6.07, 6.45) is 0. The smallest absolute Gasteiger partial charge is 0.308 e. The van der Waals surface area contributed by atoms with Crippen molar-refractivity contribution in [2.45, 2.75) is 5.37 Å². The van der Waals surface area contributed by atoms with Gasteiger partial charge in [0.2, 0.25) is 0 Å². The Labute approximate surface area is 153 Å². The van der Waals surface area contributed by atoms with Crippen molar-refractivity contribution in [2.75, 3.05) is 17.6 Å². The van der Waals surface area contributed by atoms with E-state index in [9.17, 15) is 4.79 Å². The summed E-state index contributed by atoms with van der Waals surface area (Å²) in [6.45, 7) is 0.643. The number of carbonyl (C=O) groups excluding carboxylic acids is 1. The topological polar surface area (TPSA) is 32.3 Å². The maximum atomic E-state index is 12.6. The van der Waals surface area contributed by atoms with Gasteiger partial charge in [-0.15, -0.1) is 11.8 Å². The van der Waals surface area contributed by atoms with Crippen LogP contribution in [0.15, 0.2) is 42.5 Å². The lowest BCUT2D eigenvalue weighted by Gasteiger charge is -2.25. The molecule has 2 aromatic carbocycles. The largest absolute Gasteiger partial charge is 0.323 e. The molecule has 7 heteroatoms. The fourth-order valence-corrected chi connectivity index (χ4v) is 4.36. The quantitative estimate of drug-likeness (QED) is 0.693. The number of nitrogens with zero attached hydrogens (tertiary/aromatic N) is 1. The molecule has 1 N–H and O–H groups in total. The van der Waals surface area contributed by atoms with Crippen LogP contribution in [0, 0.1) is 0 Å². The zero-order valence-corrected chi connectivity index (χ0v) is 15.0. The Morgan fingerprint density at radius 2 is 1.96 bits per heavy atom. The second-order valence-corrected chi connectivity index (χ2v) is 7.41. The zero-order valence-electron chi connectivity index (χ0n) is 11.9. The third kappa shape index (κ3) is 3.72. The highest BCUT2D eigenvalue weighted by Crippen LogP contribution is 2.42. The lowest BCUT2D eigenvalue weighted by molar-refractivity contribution is 0.214. The number of rotatable bonds is 2. The Bertz CT molecular complexity index is 741. The van der Waals surface area contributed by atoms with Crippen LogP contribution in [0.3, 0.4) is 0 Å². The molecule has 3 nitrogen and oxygen atoms in total. The first-order valence-electron chi connectivity index (χ1n) is 6.95. The van der Waals surface area contributed by atoms with Crippen molar-refractivity contribution in [1.82, 2.24) is 4.90 Å². The third-order valence-electron chi connectivity index (χ3n) is 3.48. The van der Waals surface area contributed by atoms with Crippen LogP contribution in [0.1, 0.15) is 10.9 Å². The molecule has 1 atom stereocenters. The summed E-state index contributed by atoms with van der Waals surface area (Å²) in [5.74, 6) is 0.844. The molecule has 1 aliphatic rings. The SMILES string of the molecule is O=C(Nc1cccc(Cl)c1)N1CCS[C@H]1c1cccc(Cl)c1Cl. The summed E-state index contributed by atoms with van der Waals surface area (Å²) in [5, 5.41) is 4.28. The molecule has 0 aliphatic carbocycles. The summed E-state index contributed by atoms with van der Waals surface area (Å²) in [7, 11) is 0. The average Bonchev–Trinajstić information content (AvgIpc) is 2.99. The Hall–Kier alpha value is -1.07. The number of benzene rings is 2. The van der Waals surface area contributed by atoms with Gasteiger partial charge in [-0.3, -0.25) is 0 Å². The molecule has 2 aromatic rings. The van der Waals surface area contributed by atoms with E-state index in [0.717, 1.165) is 11.3 Å². The van der Waals surface area contributed by atoms with Gasteiger partial charge < -0.3 is 10.2 Å². The van der Waals surface area contributed by atoms with E-state index in [1.807, 2.05) is 12.1 Å². The first-order chi connectivity index (χ1) is 11.1. The van der Waals surface area contributed by atoms with Crippen LogP contribution >= 0.6 is 46.6 Å². The summed E-state index contributed by atoms with van der Waals surface area (Å²) in [5.41, 5.74) is 1.51. The first-order valence-corrected chi connectivity index (χ1v) is 9.13. The highest BCUT2D eigenvalue weighted by atomic mass is 35.5. The lowest BCUT2D eigenvalue weighted by atomic mass is 10.2. The highest BCUT2D eigenvalue weighted by Gasteiger charge is 2.32. The maximum absolute atomic E-state index is 12.6. The van der Waals surface area contributed by atoms with Gasteiger partial charge >= 0.3 is 6.03 Å². The third-order valence-corrected chi connectivity index (χ3v) is 5.79. The van der Waals surface area contributed by atoms with Crippen molar-refractivity contribution >= 4 is 58.3 Å². The number of carbonyl (C=O) groups is 1. The molecule has 120 valence electrons. The Kier molecular flexibility index (Phi) is 5.27. The van der Waals surface area contributed by atoms with Crippen LogP contribution in [-0.4, -0.2) is 23.2 Å². The molecule has 1 heterocycles. The summed E-state index contributed by atoms with van der Waals surface area (Å²) in [4.78, 5) is 14.3. The van der Waals surface area contributed by atoms with E-state index in [1.165, 1.54) is 0 Å². The monoisotopic (exact) mass is 386 g/mol. The molecule has 0 radical (unpaired) electrons. The predicted molar refractivity (Wildman–Crippen MR) is 98.8 cm³/mol. The standard InChI is InChI=1S/C16H13Cl3N2OS/c17-10-3-1-4-11(9-10)20-16(22)21-7-8-23-15(21)12-5-2-6-13(18)14(12)19/h1-6,9,15H,7-8H2,(H,20,22)/t15-/m0/s1. The van der Waals surface area contributed by atoms with Crippen molar-refractivity contribution < 1.29 is 4.79 Å². The Morgan fingerprint density at radius 1 is 1.17 bits per heavy atom. The van der Waals surface area contributed by atoms with Crippen molar-refractivity contribution in [3.8, 4) is 0 Å². The predicted octanol–water partition coefficient (Wildman–Crippen LogP) is 5.93. The Balaban J connectivity index is 1.81. The van der Waals surface area contributed by atoms with Gasteiger partial charge in [-0.1, -0.05) is 53.0 Å². The normalized spacial score (nSPS) is 17.3. The van der Waals surface area contributed by atoms with E-state index in [1.54, 1.807) is 47.0 Å². The minimum atomic E-state index is -0.182. The second-order valence-electron chi connectivity index (χ2n) is 5.00. The van der Waals surface area contributed by atoms with E-state index in [2.05, 4.69) is 5.32 Å². The van der Waals surface area contributed by atoms with Gasteiger partial charge in [0.15, 0.2) is 0 Å². The molecule has 2 amide bonds. The molecule has 23 heavy (non-hydrogen) atoms. The van der Waals surface area contributed by atoms with Crippen molar-refractivity contribution in [2.24, 2.45) is 0 Å². The molecular formula is C16H13Cl3N2OS. The van der Waals surface area contributed by atoms with Gasteiger partial charge in [0.05, 0.1) is 10.0 Å². The number of amides is 2. The number of nitrogens with one attached hydrogen (secondary N) is 1. The number of thioether (sulfide) groups is 1. The van der Waals surface area contributed by atoms with E-state index in [4.69, 9.17) is 34.8 Å². The molecule has 0 spiro atoms. The molecule has 0 aromatic heterocycles. The molecule has 0 bridgehead atoms. The van der Waals surface area contributed by atoms with Crippen LogP contribution in [0.5, 0.6) is 0 Å². The van der Waals surface area contributed by atoms with Crippen molar-refractivity contribution in [1.29, 1.82) is 0 Å². The van der Waals surface area contributed by atoms with Gasteiger partial charge in [-0.2, -0.15) is 0 Å². The lowest BCUT2D eigenvalue weighted by Crippen LogP contribution is -2.34. The van der Waals surface area contributed by atoms with Gasteiger partial charge in [0.1, 0.15) is 5.37 Å².